The molecule has 146 valence electrons. The molecule has 1 aromatic heterocycles. The van der Waals surface area contributed by atoms with E-state index in [1.165, 1.54) is 11.1 Å². The molecule has 1 aromatic carbocycles. The van der Waals surface area contributed by atoms with E-state index in [4.69, 9.17) is 4.74 Å². The first-order valence-electron chi connectivity index (χ1n) is 10.2. The second kappa shape index (κ2) is 7.17. The van der Waals surface area contributed by atoms with E-state index < -0.39 is 0 Å². The van der Waals surface area contributed by atoms with Crippen molar-refractivity contribution >= 4 is 11.9 Å². The van der Waals surface area contributed by atoms with Gasteiger partial charge in [-0.3, -0.25) is 4.79 Å². The van der Waals surface area contributed by atoms with Gasteiger partial charge >= 0.3 is 0 Å². The smallest absolute Gasteiger partial charge is 0.226 e. The van der Waals surface area contributed by atoms with Crippen LogP contribution in [0.15, 0.2) is 42.7 Å². The van der Waals surface area contributed by atoms with E-state index in [-0.39, 0.29) is 23.3 Å². The van der Waals surface area contributed by atoms with Crippen LogP contribution in [0.1, 0.15) is 42.9 Å². The summed E-state index contributed by atoms with van der Waals surface area (Å²) in [4.78, 5) is 23.8. The van der Waals surface area contributed by atoms with Crippen LogP contribution in [0.3, 0.4) is 0 Å². The van der Waals surface area contributed by atoms with Crippen molar-refractivity contribution < 1.29 is 9.53 Å². The Morgan fingerprint density at radius 1 is 1.14 bits per heavy atom. The molecule has 1 spiro atoms. The SMILES string of the molecule is O=C(NC1CC2(CCN(c3ncccn3)CC2)c2ccccc21)C1CCOC1. The molecule has 0 saturated carbocycles. The zero-order chi connectivity index (χ0) is 19.0. The summed E-state index contributed by atoms with van der Waals surface area (Å²) >= 11 is 0. The predicted octanol–water partition coefficient (Wildman–Crippen LogP) is 2.61. The van der Waals surface area contributed by atoms with Crippen molar-refractivity contribution in [1.82, 2.24) is 15.3 Å². The molecule has 1 aliphatic carbocycles. The van der Waals surface area contributed by atoms with Gasteiger partial charge in [-0.05, 0) is 42.9 Å². The van der Waals surface area contributed by atoms with Crippen molar-refractivity contribution in [2.75, 3.05) is 31.2 Å². The van der Waals surface area contributed by atoms with Gasteiger partial charge < -0.3 is 15.0 Å². The molecule has 5 rings (SSSR count). The van der Waals surface area contributed by atoms with Crippen LogP contribution in [0.25, 0.3) is 0 Å². The fourth-order valence-electron chi connectivity index (χ4n) is 5.12. The Hall–Kier alpha value is -2.47. The first-order valence-corrected chi connectivity index (χ1v) is 10.2. The first-order chi connectivity index (χ1) is 13.8. The highest BCUT2D eigenvalue weighted by atomic mass is 16.5. The zero-order valence-electron chi connectivity index (χ0n) is 16.0. The Morgan fingerprint density at radius 2 is 1.93 bits per heavy atom. The lowest BCUT2D eigenvalue weighted by Gasteiger charge is -2.40. The quantitative estimate of drug-likeness (QED) is 0.889. The number of rotatable bonds is 3. The van der Waals surface area contributed by atoms with Crippen LogP contribution in [-0.2, 0) is 14.9 Å². The average molecular weight is 378 g/mol. The Kier molecular flexibility index (Phi) is 4.51. The summed E-state index contributed by atoms with van der Waals surface area (Å²) in [5.74, 6) is 0.958. The van der Waals surface area contributed by atoms with Crippen molar-refractivity contribution in [1.29, 1.82) is 0 Å². The van der Waals surface area contributed by atoms with Gasteiger partial charge in [0.05, 0.1) is 18.6 Å². The normalized spacial score (nSPS) is 25.6. The number of carbonyl (C=O) groups is 1. The maximum absolute atomic E-state index is 12.7. The van der Waals surface area contributed by atoms with Crippen LogP contribution in [0, 0.1) is 5.92 Å². The number of anilines is 1. The van der Waals surface area contributed by atoms with Crippen molar-refractivity contribution in [3.8, 4) is 0 Å². The lowest BCUT2D eigenvalue weighted by molar-refractivity contribution is -0.125. The molecule has 0 radical (unpaired) electrons. The van der Waals surface area contributed by atoms with Crippen LogP contribution in [0.4, 0.5) is 5.95 Å². The van der Waals surface area contributed by atoms with E-state index in [1.54, 1.807) is 12.4 Å². The van der Waals surface area contributed by atoms with Crippen LogP contribution in [-0.4, -0.2) is 42.2 Å². The number of ether oxygens (including phenoxy) is 1. The number of piperidine rings is 1. The maximum Gasteiger partial charge on any atom is 0.226 e. The van der Waals surface area contributed by atoms with Crippen LogP contribution in [0.5, 0.6) is 0 Å². The minimum absolute atomic E-state index is 0.000731. The van der Waals surface area contributed by atoms with Crippen molar-refractivity contribution in [3.63, 3.8) is 0 Å². The van der Waals surface area contributed by atoms with Crippen LogP contribution in [0.2, 0.25) is 0 Å². The number of nitrogens with one attached hydrogen (secondary N) is 1. The molecule has 2 aromatic rings. The molecule has 6 nitrogen and oxygen atoms in total. The predicted molar refractivity (Wildman–Crippen MR) is 106 cm³/mol. The largest absolute Gasteiger partial charge is 0.381 e. The third-order valence-electron chi connectivity index (χ3n) is 6.67. The zero-order valence-corrected chi connectivity index (χ0v) is 16.0. The summed E-state index contributed by atoms with van der Waals surface area (Å²) in [5, 5.41) is 3.33. The summed E-state index contributed by atoms with van der Waals surface area (Å²) in [6, 6.07) is 10.6. The molecule has 2 unspecified atom stereocenters. The second-order valence-electron chi connectivity index (χ2n) is 8.23. The molecule has 2 atom stereocenters. The molecule has 1 N–H and O–H groups in total. The fraction of sp³-hybridized carbons (Fsp3) is 0.500. The highest BCUT2D eigenvalue weighted by molar-refractivity contribution is 5.79. The molecule has 0 bridgehead atoms. The molecule has 3 aliphatic rings. The molecule has 3 heterocycles. The number of fused-ring (bicyclic) bond motifs is 2. The molecule has 2 saturated heterocycles. The minimum Gasteiger partial charge on any atom is -0.381 e. The molecular formula is C22H26N4O2. The third-order valence-corrected chi connectivity index (χ3v) is 6.67. The molecule has 6 heteroatoms. The highest BCUT2D eigenvalue weighted by Gasteiger charge is 2.46. The van der Waals surface area contributed by atoms with Crippen molar-refractivity contribution in [2.24, 2.45) is 5.92 Å². The summed E-state index contributed by atoms with van der Waals surface area (Å²) in [6.45, 7) is 3.13. The van der Waals surface area contributed by atoms with Crippen molar-refractivity contribution in [2.45, 2.75) is 37.1 Å². The highest BCUT2D eigenvalue weighted by Crippen LogP contribution is 2.51. The van der Waals surface area contributed by atoms with E-state index in [0.29, 0.717) is 13.2 Å². The molecular weight excluding hydrogens is 352 g/mol. The van der Waals surface area contributed by atoms with Crippen LogP contribution < -0.4 is 10.2 Å². The summed E-state index contributed by atoms with van der Waals surface area (Å²) in [7, 11) is 0. The number of benzene rings is 1. The minimum atomic E-state index is 0.000731. The van der Waals surface area contributed by atoms with Gasteiger partial charge in [0.2, 0.25) is 11.9 Å². The van der Waals surface area contributed by atoms with E-state index in [1.807, 2.05) is 6.07 Å². The number of hydrogen-bond donors (Lipinski definition) is 1. The fourth-order valence-corrected chi connectivity index (χ4v) is 5.12. The average Bonchev–Trinajstić information content (AvgIpc) is 3.38. The first kappa shape index (κ1) is 17.6. The summed E-state index contributed by atoms with van der Waals surface area (Å²) < 4.78 is 5.40. The van der Waals surface area contributed by atoms with Crippen LogP contribution >= 0.6 is 0 Å². The molecule has 2 fully saturated rings. The van der Waals surface area contributed by atoms with Gasteiger partial charge in [-0.25, -0.2) is 9.97 Å². The summed E-state index contributed by atoms with van der Waals surface area (Å²) in [6.07, 6.45) is 7.53. The number of amides is 1. The van der Waals surface area contributed by atoms with Gasteiger partial charge in [0.25, 0.3) is 0 Å². The lowest BCUT2D eigenvalue weighted by atomic mass is 9.73. The van der Waals surface area contributed by atoms with E-state index >= 15 is 0 Å². The topological polar surface area (TPSA) is 67.4 Å². The number of nitrogens with zero attached hydrogens (tertiary/aromatic N) is 3. The van der Waals surface area contributed by atoms with E-state index in [0.717, 1.165) is 44.7 Å². The number of carbonyl (C=O) groups excluding carboxylic acids is 1. The van der Waals surface area contributed by atoms with Gasteiger partial charge in [-0.2, -0.15) is 0 Å². The van der Waals surface area contributed by atoms with Gasteiger partial charge in [-0.15, -0.1) is 0 Å². The van der Waals surface area contributed by atoms with Crippen molar-refractivity contribution in [3.05, 3.63) is 53.9 Å². The molecule has 28 heavy (non-hydrogen) atoms. The van der Waals surface area contributed by atoms with Gasteiger partial charge in [0.1, 0.15) is 0 Å². The Labute approximate surface area is 165 Å². The number of hydrogen-bond acceptors (Lipinski definition) is 5. The molecule has 2 aliphatic heterocycles. The Balaban J connectivity index is 1.34. The second-order valence-corrected chi connectivity index (χ2v) is 8.23. The van der Waals surface area contributed by atoms with E-state index in [2.05, 4.69) is 44.5 Å². The Morgan fingerprint density at radius 3 is 2.68 bits per heavy atom. The summed E-state index contributed by atoms with van der Waals surface area (Å²) in [5.41, 5.74) is 2.84. The Bertz CT molecular complexity index is 843. The lowest BCUT2D eigenvalue weighted by Crippen LogP contribution is -2.43. The van der Waals surface area contributed by atoms with Gasteiger partial charge in [-0.1, -0.05) is 24.3 Å². The molecule has 1 amide bonds. The van der Waals surface area contributed by atoms with Gasteiger partial charge in [0, 0.05) is 37.5 Å². The van der Waals surface area contributed by atoms with E-state index in [9.17, 15) is 4.79 Å². The maximum atomic E-state index is 12.7. The monoisotopic (exact) mass is 378 g/mol. The van der Waals surface area contributed by atoms with Gasteiger partial charge in [0.15, 0.2) is 0 Å². The number of aromatic nitrogens is 2. The standard InChI is InChI=1S/C22H26N4O2/c27-20(16-6-13-28-15-16)25-19-14-22(18-5-2-1-4-17(18)19)7-11-26(12-8-22)21-23-9-3-10-24-21/h1-5,9-10,16,19H,6-8,11-15H2,(H,25,27). The third kappa shape index (κ3) is 3.05.